The number of para-hydroxylation sites is 2. The molecule has 0 saturated carbocycles. The smallest absolute Gasteiger partial charge is 0.142 e. The van der Waals surface area contributed by atoms with E-state index in [4.69, 9.17) is 4.74 Å². The molecule has 0 bridgehead atoms. The molecular formula is C22H30N4O. The van der Waals surface area contributed by atoms with Gasteiger partial charge in [-0.05, 0) is 43.1 Å². The van der Waals surface area contributed by atoms with Crippen LogP contribution in [-0.4, -0.2) is 67.2 Å². The van der Waals surface area contributed by atoms with Crippen LogP contribution in [0.3, 0.4) is 0 Å². The Labute approximate surface area is 162 Å². The molecule has 3 heterocycles. The molecule has 2 aromatic rings. The van der Waals surface area contributed by atoms with Crippen LogP contribution >= 0.6 is 0 Å². The number of piperazine rings is 1. The SMILES string of the molecule is COc1ccccc1N1CCN([C@H]2CCCN(Cc3cccnc3)C2)CC1. The molecule has 1 atom stereocenters. The molecule has 144 valence electrons. The summed E-state index contributed by atoms with van der Waals surface area (Å²) in [6.07, 6.45) is 6.45. The molecule has 1 aromatic heterocycles. The molecule has 0 unspecified atom stereocenters. The lowest BCUT2D eigenvalue weighted by atomic mass is 10.0. The first-order chi connectivity index (χ1) is 13.3. The Bertz CT molecular complexity index is 715. The average molecular weight is 367 g/mol. The molecule has 27 heavy (non-hydrogen) atoms. The first kappa shape index (κ1) is 18.3. The number of ether oxygens (including phenoxy) is 1. The minimum Gasteiger partial charge on any atom is -0.495 e. The van der Waals surface area contributed by atoms with Gasteiger partial charge in [-0.1, -0.05) is 18.2 Å². The molecule has 2 aliphatic heterocycles. The zero-order chi connectivity index (χ0) is 18.5. The maximum atomic E-state index is 5.55. The van der Waals surface area contributed by atoms with E-state index in [9.17, 15) is 0 Å². The standard InChI is InChI=1S/C22H30N4O/c1-27-22-9-3-2-8-21(22)26-14-12-25(13-15-26)20-7-5-11-24(18-20)17-19-6-4-10-23-16-19/h2-4,6,8-10,16,20H,5,7,11-15,17-18H2,1H3/t20-/m0/s1. The number of hydrogen-bond donors (Lipinski definition) is 0. The number of piperidine rings is 1. The molecule has 5 nitrogen and oxygen atoms in total. The number of anilines is 1. The molecule has 2 fully saturated rings. The fraction of sp³-hybridized carbons (Fsp3) is 0.500. The van der Waals surface area contributed by atoms with E-state index in [1.807, 2.05) is 24.5 Å². The van der Waals surface area contributed by atoms with Gasteiger partial charge < -0.3 is 9.64 Å². The molecule has 4 rings (SSSR count). The number of benzene rings is 1. The van der Waals surface area contributed by atoms with Gasteiger partial charge in [0.25, 0.3) is 0 Å². The van der Waals surface area contributed by atoms with Crippen molar-refractivity contribution >= 4 is 5.69 Å². The summed E-state index contributed by atoms with van der Waals surface area (Å²) in [7, 11) is 1.76. The Kier molecular flexibility index (Phi) is 5.90. The topological polar surface area (TPSA) is 31.8 Å². The minimum atomic E-state index is 0.676. The average Bonchev–Trinajstić information content (AvgIpc) is 2.75. The van der Waals surface area contributed by atoms with Gasteiger partial charge in [-0.15, -0.1) is 0 Å². The van der Waals surface area contributed by atoms with E-state index >= 15 is 0 Å². The number of methoxy groups -OCH3 is 1. The number of likely N-dealkylation sites (tertiary alicyclic amines) is 1. The molecule has 1 aromatic carbocycles. The second-order valence-corrected chi connectivity index (χ2v) is 7.59. The zero-order valence-corrected chi connectivity index (χ0v) is 16.3. The van der Waals surface area contributed by atoms with Crippen LogP contribution in [0, 0.1) is 0 Å². The molecule has 2 saturated heterocycles. The fourth-order valence-electron chi connectivity index (χ4n) is 4.44. The quantitative estimate of drug-likeness (QED) is 0.812. The van der Waals surface area contributed by atoms with Gasteiger partial charge in [0.15, 0.2) is 0 Å². The summed E-state index contributed by atoms with van der Waals surface area (Å²) in [6.45, 7) is 7.79. The van der Waals surface area contributed by atoms with Gasteiger partial charge in [-0.3, -0.25) is 14.8 Å². The van der Waals surface area contributed by atoms with Crippen molar-refractivity contribution in [2.75, 3.05) is 51.3 Å². The first-order valence-electron chi connectivity index (χ1n) is 10.1. The van der Waals surface area contributed by atoms with Crippen LogP contribution in [-0.2, 0) is 6.54 Å². The second kappa shape index (κ2) is 8.72. The van der Waals surface area contributed by atoms with Crippen molar-refractivity contribution in [3.05, 3.63) is 54.4 Å². The zero-order valence-electron chi connectivity index (χ0n) is 16.3. The summed E-state index contributed by atoms with van der Waals surface area (Å²) in [4.78, 5) is 12.0. The largest absolute Gasteiger partial charge is 0.495 e. The van der Waals surface area contributed by atoms with Crippen molar-refractivity contribution in [3.63, 3.8) is 0 Å². The van der Waals surface area contributed by atoms with Crippen molar-refractivity contribution in [3.8, 4) is 5.75 Å². The van der Waals surface area contributed by atoms with Crippen LogP contribution in [0.1, 0.15) is 18.4 Å². The van der Waals surface area contributed by atoms with Crippen LogP contribution in [0.15, 0.2) is 48.8 Å². The summed E-state index contributed by atoms with van der Waals surface area (Å²) in [5.41, 5.74) is 2.54. The first-order valence-corrected chi connectivity index (χ1v) is 10.1. The molecule has 0 aliphatic carbocycles. The second-order valence-electron chi connectivity index (χ2n) is 7.59. The third-order valence-corrected chi connectivity index (χ3v) is 5.87. The van der Waals surface area contributed by atoms with Crippen molar-refractivity contribution in [2.24, 2.45) is 0 Å². The molecule has 0 spiro atoms. The minimum absolute atomic E-state index is 0.676. The highest BCUT2D eigenvalue weighted by atomic mass is 16.5. The highest BCUT2D eigenvalue weighted by molar-refractivity contribution is 5.58. The van der Waals surface area contributed by atoms with E-state index in [-0.39, 0.29) is 0 Å². The number of nitrogens with zero attached hydrogens (tertiary/aromatic N) is 4. The van der Waals surface area contributed by atoms with Crippen LogP contribution in [0.5, 0.6) is 5.75 Å². The lowest BCUT2D eigenvalue weighted by molar-refractivity contribution is 0.0886. The maximum Gasteiger partial charge on any atom is 0.142 e. The number of pyridine rings is 1. The van der Waals surface area contributed by atoms with Crippen molar-refractivity contribution in [1.82, 2.24) is 14.8 Å². The molecule has 0 radical (unpaired) electrons. The van der Waals surface area contributed by atoms with Crippen LogP contribution in [0.2, 0.25) is 0 Å². The number of aromatic nitrogens is 1. The van der Waals surface area contributed by atoms with E-state index in [0.717, 1.165) is 38.5 Å². The van der Waals surface area contributed by atoms with E-state index < -0.39 is 0 Å². The predicted octanol–water partition coefficient (Wildman–Crippen LogP) is 2.88. The summed E-state index contributed by atoms with van der Waals surface area (Å²) in [5.74, 6) is 0.978. The maximum absolute atomic E-state index is 5.55. The van der Waals surface area contributed by atoms with Crippen molar-refractivity contribution in [1.29, 1.82) is 0 Å². The third kappa shape index (κ3) is 4.42. The van der Waals surface area contributed by atoms with Crippen LogP contribution in [0.4, 0.5) is 5.69 Å². The van der Waals surface area contributed by atoms with Crippen LogP contribution in [0.25, 0.3) is 0 Å². The predicted molar refractivity (Wildman–Crippen MR) is 109 cm³/mol. The van der Waals surface area contributed by atoms with Gasteiger partial charge in [-0.25, -0.2) is 0 Å². The van der Waals surface area contributed by atoms with Gasteiger partial charge in [-0.2, -0.15) is 0 Å². The fourth-order valence-corrected chi connectivity index (χ4v) is 4.44. The van der Waals surface area contributed by atoms with E-state index in [1.54, 1.807) is 7.11 Å². The summed E-state index contributed by atoms with van der Waals surface area (Å²) >= 11 is 0. The molecule has 0 N–H and O–H groups in total. The Morgan fingerprint density at radius 2 is 1.89 bits per heavy atom. The molecule has 0 amide bonds. The number of hydrogen-bond acceptors (Lipinski definition) is 5. The van der Waals surface area contributed by atoms with E-state index in [2.05, 4.69) is 43.9 Å². The summed E-state index contributed by atoms with van der Waals surface area (Å²) in [5, 5.41) is 0. The summed E-state index contributed by atoms with van der Waals surface area (Å²) < 4.78 is 5.55. The van der Waals surface area contributed by atoms with Gasteiger partial charge in [0.1, 0.15) is 5.75 Å². The monoisotopic (exact) mass is 366 g/mol. The molecule has 5 heteroatoms. The number of rotatable bonds is 5. The van der Waals surface area contributed by atoms with E-state index in [1.165, 1.54) is 37.2 Å². The van der Waals surface area contributed by atoms with Gasteiger partial charge in [0, 0.05) is 57.7 Å². The van der Waals surface area contributed by atoms with Gasteiger partial charge in [0.2, 0.25) is 0 Å². The Hall–Kier alpha value is -2.11. The lowest BCUT2D eigenvalue weighted by Crippen LogP contribution is -2.55. The normalized spacial score (nSPS) is 22.0. The van der Waals surface area contributed by atoms with Crippen molar-refractivity contribution in [2.45, 2.75) is 25.4 Å². The highest BCUT2D eigenvalue weighted by Gasteiger charge is 2.28. The van der Waals surface area contributed by atoms with Crippen LogP contribution < -0.4 is 9.64 Å². The van der Waals surface area contributed by atoms with Gasteiger partial charge in [0.05, 0.1) is 12.8 Å². The third-order valence-electron chi connectivity index (χ3n) is 5.87. The Morgan fingerprint density at radius 1 is 1.04 bits per heavy atom. The lowest BCUT2D eigenvalue weighted by Gasteiger charge is -2.44. The van der Waals surface area contributed by atoms with Crippen molar-refractivity contribution < 1.29 is 4.74 Å². The van der Waals surface area contributed by atoms with Gasteiger partial charge >= 0.3 is 0 Å². The Morgan fingerprint density at radius 3 is 2.67 bits per heavy atom. The summed E-state index contributed by atoms with van der Waals surface area (Å²) in [6, 6.07) is 13.3. The highest BCUT2D eigenvalue weighted by Crippen LogP contribution is 2.29. The molecular weight excluding hydrogens is 336 g/mol. The Balaban J connectivity index is 1.32. The van der Waals surface area contributed by atoms with E-state index in [0.29, 0.717) is 6.04 Å². The molecule has 2 aliphatic rings.